The molecule has 1 spiro atoms. The van der Waals surface area contributed by atoms with Gasteiger partial charge in [0.05, 0.1) is 0 Å². The highest BCUT2D eigenvalue weighted by atomic mass is 16.6. The number of amides is 1. The molecule has 0 aromatic heterocycles. The molecule has 1 saturated heterocycles. The molecule has 2 unspecified atom stereocenters. The first-order valence-electron chi connectivity index (χ1n) is 5.71. The zero-order valence-corrected chi connectivity index (χ0v) is 8.84. The van der Waals surface area contributed by atoms with Gasteiger partial charge in [-0.05, 0) is 25.2 Å². The van der Waals surface area contributed by atoms with Gasteiger partial charge in [-0.2, -0.15) is 0 Å². The number of hydrogen-bond acceptors (Lipinski definition) is 2. The predicted octanol–water partition coefficient (Wildman–Crippen LogP) is 2.46. The molecule has 0 aromatic rings. The molecular formula is C11H19NO2. The lowest BCUT2D eigenvalue weighted by Crippen LogP contribution is -2.45. The van der Waals surface area contributed by atoms with E-state index in [0.29, 0.717) is 0 Å². The summed E-state index contributed by atoms with van der Waals surface area (Å²) in [5.74, 6) is 0.783. The van der Waals surface area contributed by atoms with Crippen molar-refractivity contribution in [3.05, 3.63) is 0 Å². The van der Waals surface area contributed by atoms with Crippen LogP contribution >= 0.6 is 0 Å². The third-order valence-corrected chi connectivity index (χ3v) is 3.52. The fourth-order valence-corrected chi connectivity index (χ4v) is 2.85. The maximum atomic E-state index is 11.2. The number of nitrogens with one attached hydrogen (secondary N) is 1. The van der Waals surface area contributed by atoms with Crippen LogP contribution in [-0.2, 0) is 4.74 Å². The molecule has 2 atom stereocenters. The third kappa shape index (κ3) is 1.86. The maximum absolute atomic E-state index is 11.2. The van der Waals surface area contributed by atoms with Crippen LogP contribution in [0.3, 0.4) is 0 Å². The van der Waals surface area contributed by atoms with Crippen molar-refractivity contribution in [1.29, 1.82) is 0 Å². The number of ether oxygens (including phenoxy) is 1. The Balaban J connectivity index is 1.94. The molecule has 1 N–H and O–H groups in total. The Bertz CT molecular complexity index is 229. The highest BCUT2D eigenvalue weighted by Gasteiger charge is 2.43. The van der Waals surface area contributed by atoms with Gasteiger partial charge >= 0.3 is 6.09 Å². The molecule has 80 valence electrons. The second-order valence-corrected chi connectivity index (χ2v) is 4.65. The summed E-state index contributed by atoms with van der Waals surface area (Å²) in [5, 5.41) is 2.72. The van der Waals surface area contributed by atoms with Crippen molar-refractivity contribution < 1.29 is 9.53 Å². The normalized spacial score (nSPS) is 36.9. The Morgan fingerprint density at radius 1 is 1.57 bits per heavy atom. The zero-order chi connectivity index (χ0) is 10.0. The summed E-state index contributed by atoms with van der Waals surface area (Å²) >= 11 is 0. The van der Waals surface area contributed by atoms with Crippen molar-refractivity contribution in [1.82, 2.24) is 5.32 Å². The van der Waals surface area contributed by atoms with E-state index < -0.39 is 0 Å². The van der Waals surface area contributed by atoms with Gasteiger partial charge in [-0.15, -0.1) is 0 Å². The van der Waals surface area contributed by atoms with Gasteiger partial charge in [0.1, 0.15) is 5.60 Å². The summed E-state index contributed by atoms with van der Waals surface area (Å²) in [5.41, 5.74) is -0.0951. The van der Waals surface area contributed by atoms with Crippen molar-refractivity contribution in [2.24, 2.45) is 5.92 Å². The second kappa shape index (κ2) is 3.79. The first kappa shape index (κ1) is 9.81. The van der Waals surface area contributed by atoms with Crippen LogP contribution in [0.4, 0.5) is 4.79 Å². The Morgan fingerprint density at radius 2 is 2.43 bits per heavy atom. The van der Waals surface area contributed by atoms with Crippen LogP contribution in [0, 0.1) is 5.92 Å². The van der Waals surface area contributed by atoms with Gasteiger partial charge < -0.3 is 10.1 Å². The summed E-state index contributed by atoms with van der Waals surface area (Å²) in [6, 6.07) is 0. The van der Waals surface area contributed by atoms with E-state index in [-0.39, 0.29) is 11.7 Å². The van der Waals surface area contributed by atoms with Gasteiger partial charge in [-0.25, -0.2) is 4.79 Å². The van der Waals surface area contributed by atoms with E-state index in [9.17, 15) is 4.79 Å². The third-order valence-electron chi connectivity index (χ3n) is 3.52. The van der Waals surface area contributed by atoms with Crippen molar-refractivity contribution in [2.45, 2.75) is 51.0 Å². The topological polar surface area (TPSA) is 38.3 Å². The molecule has 0 radical (unpaired) electrons. The first-order chi connectivity index (χ1) is 6.74. The molecule has 1 heterocycles. The molecule has 0 aromatic carbocycles. The number of rotatable bonds is 2. The van der Waals surface area contributed by atoms with Crippen LogP contribution in [0.25, 0.3) is 0 Å². The van der Waals surface area contributed by atoms with Crippen molar-refractivity contribution in [3.63, 3.8) is 0 Å². The van der Waals surface area contributed by atoms with Gasteiger partial charge in [-0.3, -0.25) is 0 Å². The Morgan fingerprint density at radius 3 is 3.14 bits per heavy atom. The molecule has 2 fully saturated rings. The van der Waals surface area contributed by atoms with E-state index in [1.54, 1.807) is 0 Å². The smallest absolute Gasteiger partial charge is 0.407 e. The number of carbonyl (C=O) groups excluding carboxylic acids is 1. The molecule has 3 heteroatoms. The van der Waals surface area contributed by atoms with E-state index >= 15 is 0 Å². The van der Waals surface area contributed by atoms with E-state index in [1.807, 2.05) is 0 Å². The minimum Gasteiger partial charge on any atom is -0.443 e. The molecule has 1 amide bonds. The lowest BCUT2D eigenvalue weighted by Gasteiger charge is -2.33. The number of alkyl carbamates (subject to hydrolysis) is 1. The summed E-state index contributed by atoms with van der Waals surface area (Å²) in [4.78, 5) is 11.2. The first-order valence-corrected chi connectivity index (χ1v) is 5.71. The highest BCUT2D eigenvalue weighted by Crippen LogP contribution is 2.42. The quantitative estimate of drug-likeness (QED) is 0.738. The van der Waals surface area contributed by atoms with Crippen LogP contribution in [-0.4, -0.2) is 18.2 Å². The van der Waals surface area contributed by atoms with Gasteiger partial charge in [0, 0.05) is 13.0 Å². The SMILES string of the molecule is CCCC1CCC2(CCNC(=O)O2)C1. The summed E-state index contributed by atoms with van der Waals surface area (Å²) in [7, 11) is 0. The largest absolute Gasteiger partial charge is 0.443 e. The van der Waals surface area contributed by atoms with Crippen LogP contribution in [0.1, 0.15) is 45.4 Å². The van der Waals surface area contributed by atoms with E-state index in [0.717, 1.165) is 31.7 Å². The van der Waals surface area contributed by atoms with Gasteiger partial charge in [-0.1, -0.05) is 19.8 Å². The summed E-state index contributed by atoms with van der Waals surface area (Å²) in [6.45, 7) is 3.01. The molecule has 2 rings (SSSR count). The van der Waals surface area contributed by atoms with Gasteiger partial charge in [0.2, 0.25) is 0 Å². The maximum Gasteiger partial charge on any atom is 0.407 e. The molecule has 1 saturated carbocycles. The van der Waals surface area contributed by atoms with E-state index in [1.165, 1.54) is 19.3 Å². The molecule has 0 bridgehead atoms. The molecule has 2 aliphatic rings. The van der Waals surface area contributed by atoms with Gasteiger partial charge in [0.25, 0.3) is 0 Å². The fraction of sp³-hybridized carbons (Fsp3) is 0.909. The number of carbonyl (C=O) groups is 1. The molecule has 1 aliphatic carbocycles. The Kier molecular flexibility index (Phi) is 2.66. The average molecular weight is 197 g/mol. The van der Waals surface area contributed by atoms with Crippen molar-refractivity contribution in [2.75, 3.05) is 6.54 Å². The summed E-state index contributed by atoms with van der Waals surface area (Å²) < 4.78 is 5.46. The standard InChI is InChI=1S/C11H19NO2/c1-2-3-9-4-5-11(8-9)6-7-12-10(13)14-11/h9H,2-8H2,1H3,(H,12,13). The Hall–Kier alpha value is -0.730. The van der Waals surface area contributed by atoms with Crippen molar-refractivity contribution in [3.8, 4) is 0 Å². The van der Waals surface area contributed by atoms with Crippen LogP contribution < -0.4 is 5.32 Å². The molecule has 14 heavy (non-hydrogen) atoms. The fourth-order valence-electron chi connectivity index (χ4n) is 2.85. The molecule has 3 nitrogen and oxygen atoms in total. The zero-order valence-electron chi connectivity index (χ0n) is 8.84. The monoisotopic (exact) mass is 197 g/mol. The lowest BCUT2D eigenvalue weighted by atomic mass is 9.93. The summed E-state index contributed by atoms with van der Waals surface area (Å²) in [6.07, 6.45) is 6.72. The van der Waals surface area contributed by atoms with E-state index in [2.05, 4.69) is 12.2 Å². The predicted molar refractivity (Wildman–Crippen MR) is 54.1 cm³/mol. The highest BCUT2D eigenvalue weighted by molar-refractivity contribution is 5.68. The second-order valence-electron chi connectivity index (χ2n) is 4.65. The van der Waals surface area contributed by atoms with Crippen molar-refractivity contribution >= 4 is 6.09 Å². The lowest BCUT2D eigenvalue weighted by molar-refractivity contribution is -0.0107. The Labute approximate surface area is 85.2 Å². The number of hydrogen-bond donors (Lipinski definition) is 1. The van der Waals surface area contributed by atoms with E-state index in [4.69, 9.17) is 4.74 Å². The van der Waals surface area contributed by atoms with Crippen LogP contribution in [0.5, 0.6) is 0 Å². The van der Waals surface area contributed by atoms with Crippen LogP contribution in [0.2, 0.25) is 0 Å². The minimum absolute atomic E-state index is 0.0951. The van der Waals surface area contributed by atoms with Gasteiger partial charge in [0.15, 0.2) is 0 Å². The minimum atomic E-state index is -0.214. The molecular weight excluding hydrogens is 178 g/mol. The molecule has 1 aliphatic heterocycles. The van der Waals surface area contributed by atoms with Crippen LogP contribution in [0.15, 0.2) is 0 Å². The average Bonchev–Trinajstić information content (AvgIpc) is 2.49.